The summed E-state index contributed by atoms with van der Waals surface area (Å²) in [5.74, 6) is 0.736. The molecule has 1 aliphatic carbocycles. The van der Waals surface area contributed by atoms with Gasteiger partial charge in [-0.1, -0.05) is 51.0 Å². The van der Waals surface area contributed by atoms with Crippen molar-refractivity contribution in [2.45, 2.75) is 65.0 Å². The van der Waals surface area contributed by atoms with Gasteiger partial charge in [0, 0.05) is 25.2 Å². The van der Waals surface area contributed by atoms with Crippen LogP contribution in [0.15, 0.2) is 24.3 Å². The summed E-state index contributed by atoms with van der Waals surface area (Å²) in [6, 6.07) is 9.51. The Hall–Kier alpha value is -0.860. The van der Waals surface area contributed by atoms with Crippen LogP contribution in [0.2, 0.25) is 0 Å². The fraction of sp³-hybridized carbons (Fsp3) is 0.684. The molecule has 1 unspecified atom stereocenters. The minimum atomic E-state index is 0.169. The second-order valence-corrected chi connectivity index (χ2v) is 7.08. The number of aryl methyl sites for hydroxylation is 1. The van der Waals surface area contributed by atoms with Crippen molar-refractivity contribution in [3.63, 3.8) is 0 Å². The first kappa shape index (κ1) is 16.5. The standard InChI is InChI=1S/C19H32N2/c1-15(2)14-21(17-9-5-6-10-17)13-12-19(20)18-11-7-4-8-16(18)3/h4,7-8,11,15,17,19H,5-6,9-10,12-14,20H2,1-3H3. The zero-order valence-electron chi connectivity index (χ0n) is 14.0. The fourth-order valence-corrected chi connectivity index (χ4v) is 3.62. The molecule has 1 atom stereocenters. The van der Waals surface area contributed by atoms with Crippen LogP contribution in [-0.2, 0) is 0 Å². The first-order chi connectivity index (χ1) is 10.1. The van der Waals surface area contributed by atoms with E-state index in [-0.39, 0.29) is 6.04 Å². The molecule has 1 aromatic rings. The van der Waals surface area contributed by atoms with E-state index in [1.165, 1.54) is 43.4 Å². The highest BCUT2D eigenvalue weighted by molar-refractivity contribution is 5.28. The maximum absolute atomic E-state index is 6.45. The molecule has 1 fully saturated rings. The van der Waals surface area contributed by atoms with Crippen molar-refractivity contribution >= 4 is 0 Å². The molecule has 1 aliphatic rings. The van der Waals surface area contributed by atoms with Crippen LogP contribution in [0.1, 0.15) is 63.1 Å². The summed E-state index contributed by atoms with van der Waals surface area (Å²) >= 11 is 0. The van der Waals surface area contributed by atoms with Crippen LogP contribution >= 0.6 is 0 Å². The summed E-state index contributed by atoms with van der Waals surface area (Å²) in [5, 5.41) is 0. The Bertz CT molecular complexity index is 421. The Morgan fingerprint density at radius 2 is 1.86 bits per heavy atom. The van der Waals surface area contributed by atoms with Crippen LogP contribution in [0, 0.1) is 12.8 Å². The Kier molecular flexibility index (Phi) is 6.25. The molecule has 1 aromatic carbocycles. The Labute approximate surface area is 130 Å². The molecule has 0 aromatic heterocycles. The molecule has 2 N–H and O–H groups in total. The maximum atomic E-state index is 6.45. The SMILES string of the molecule is Cc1ccccc1C(N)CCN(CC(C)C)C1CCCC1. The van der Waals surface area contributed by atoms with Crippen molar-refractivity contribution in [3.05, 3.63) is 35.4 Å². The van der Waals surface area contributed by atoms with Crippen molar-refractivity contribution in [1.82, 2.24) is 4.90 Å². The number of hydrogen-bond acceptors (Lipinski definition) is 2. The average Bonchev–Trinajstić information content (AvgIpc) is 2.97. The maximum Gasteiger partial charge on any atom is 0.0309 e. The molecular weight excluding hydrogens is 256 g/mol. The molecule has 2 rings (SSSR count). The predicted octanol–water partition coefficient (Wildman–Crippen LogP) is 4.29. The third-order valence-corrected chi connectivity index (χ3v) is 4.76. The average molecular weight is 288 g/mol. The predicted molar refractivity (Wildman–Crippen MR) is 91.4 cm³/mol. The highest BCUT2D eigenvalue weighted by Crippen LogP contribution is 2.26. The van der Waals surface area contributed by atoms with Gasteiger partial charge in [0.25, 0.3) is 0 Å². The topological polar surface area (TPSA) is 29.3 Å². The van der Waals surface area contributed by atoms with E-state index in [0.717, 1.165) is 24.9 Å². The van der Waals surface area contributed by atoms with E-state index in [2.05, 4.69) is 49.9 Å². The highest BCUT2D eigenvalue weighted by Gasteiger charge is 2.23. The van der Waals surface area contributed by atoms with E-state index in [1.54, 1.807) is 0 Å². The molecule has 118 valence electrons. The van der Waals surface area contributed by atoms with Crippen molar-refractivity contribution in [2.24, 2.45) is 11.7 Å². The van der Waals surface area contributed by atoms with E-state index >= 15 is 0 Å². The summed E-state index contributed by atoms with van der Waals surface area (Å²) in [6.45, 7) is 9.16. The van der Waals surface area contributed by atoms with Crippen molar-refractivity contribution in [3.8, 4) is 0 Å². The lowest BCUT2D eigenvalue weighted by atomic mass is 9.99. The fourth-order valence-electron chi connectivity index (χ4n) is 3.62. The van der Waals surface area contributed by atoms with E-state index < -0.39 is 0 Å². The van der Waals surface area contributed by atoms with Gasteiger partial charge >= 0.3 is 0 Å². The number of rotatable bonds is 7. The second kappa shape index (κ2) is 7.95. The second-order valence-electron chi connectivity index (χ2n) is 7.08. The van der Waals surface area contributed by atoms with Crippen LogP contribution in [0.5, 0.6) is 0 Å². The zero-order valence-corrected chi connectivity index (χ0v) is 14.0. The lowest BCUT2D eigenvalue weighted by Gasteiger charge is -2.31. The quantitative estimate of drug-likeness (QED) is 0.811. The third kappa shape index (κ3) is 4.82. The molecule has 1 saturated carbocycles. The lowest BCUT2D eigenvalue weighted by molar-refractivity contribution is 0.171. The number of benzene rings is 1. The minimum absolute atomic E-state index is 0.169. The van der Waals surface area contributed by atoms with Gasteiger partial charge < -0.3 is 10.6 Å². The number of nitrogens with two attached hydrogens (primary N) is 1. The van der Waals surface area contributed by atoms with Gasteiger partial charge in [0.2, 0.25) is 0 Å². The van der Waals surface area contributed by atoms with E-state index in [0.29, 0.717) is 0 Å². The van der Waals surface area contributed by atoms with Gasteiger partial charge in [-0.3, -0.25) is 0 Å². The first-order valence-corrected chi connectivity index (χ1v) is 8.63. The third-order valence-electron chi connectivity index (χ3n) is 4.76. The van der Waals surface area contributed by atoms with Gasteiger partial charge in [-0.15, -0.1) is 0 Å². The summed E-state index contributed by atoms with van der Waals surface area (Å²) in [7, 11) is 0. The molecule has 0 aliphatic heterocycles. The van der Waals surface area contributed by atoms with Gasteiger partial charge in [-0.2, -0.15) is 0 Å². The van der Waals surface area contributed by atoms with Crippen molar-refractivity contribution < 1.29 is 0 Å². The van der Waals surface area contributed by atoms with Crippen molar-refractivity contribution in [2.75, 3.05) is 13.1 Å². The molecule has 0 spiro atoms. The normalized spacial score (nSPS) is 17.8. The lowest BCUT2D eigenvalue weighted by Crippen LogP contribution is -2.38. The highest BCUT2D eigenvalue weighted by atomic mass is 15.2. The van der Waals surface area contributed by atoms with E-state index in [4.69, 9.17) is 5.73 Å². The molecule has 0 bridgehead atoms. The zero-order chi connectivity index (χ0) is 15.2. The molecule has 2 nitrogen and oxygen atoms in total. The summed E-state index contributed by atoms with van der Waals surface area (Å²) in [5.41, 5.74) is 9.08. The van der Waals surface area contributed by atoms with Gasteiger partial charge in [0.15, 0.2) is 0 Å². The summed E-state index contributed by atoms with van der Waals surface area (Å²) < 4.78 is 0. The van der Waals surface area contributed by atoms with Gasteiger partial charge in [-0.25, -0.2) is 0 Å². The van der Waals surface area contributed by atoms with Gasteiger partial charge in [-0.05, 0) is 43.2 Å². The van der Waals surface area contributed by atoms with Gasteiger partial charge in [0.1, 0.15) is 0 Å². The van der Waals surface area contributed by atoms with E-state index in [1.807, 2.05) is 0 Å². The first-order valence-electron chi connectivity index (χ1n) is 8.63. The van der Waals surface area contributed by atoms with Crippen LogP contribution in [-0.4, -0.2) is 24.0 Å². The van der Waals surface area contributed by atoms with Gasteiger partial charge in [0.05, 0.1) is 0 Å². The van der Waals surface area contributed by atoms with Crippen molar-refractivity contribution in [1.29, 1.82) is 0 Å². The Balaban J connectivity index is 1.92. The largest absolute Gasteiger partial charge is 0.324 e. The Morgan fingerprint density at radius 1 is 1.19 bits per heavy atom. The van der Waals surface area contributed by atoms with Crippen LogP contribution in [0.25, 0.3) is 0 Å². The number of nitrogens with zero attached hydrogens (tertiary/aromatic N) is 1. The summed E-state index contributed by atoms with van der Waals surface area (Å²) in [6.07, 6.45) is 6.64. The molecule has 0 saturated heterocycles. The van der Waals surface area contributed by atoms with Crippen LogP contribution in [0.3, 0.4) is 0 Å². The monoisotopic (exact) mass is 288 g/mol. The molecule has 21 heavy (non-hydrogen) atoms. The molecule has 2 heteroatoms. The van der Waals surface area contributed by atoms with E-state index in [9.17, 15) is 0 Å². The van der Waals surface area contributed by atoms with Crippen LogP contribution < -0.4 is 5.73 Å². The minimum Gasteiger partial charge on any atom is -0.324 e. The molecular formula is C19H32N2. The Morgan fingerprint density at radius 3 is 2.48 bits per heavy atom. The molecule has 0 heterocycles. The van der Waals surface area contributed by atoms with Crippen LogP contribution in [0.4, 0.5) is 0 Å². The summed E-state index contributed by atoms with van der Waals surface area (Å²) in [4.78, 5) is 2.70. The molecule has 0 radical (unpaired) electrons. The smallest absolute Gasteiger partial charge is 0.0309 e. The molecule has 0 amide bonds. The number of hydrogen-bond donors (Lipinski definition) is 1.